The second-order valence-corrected chi connectivity index (χ2v) is 5.01. The summed E-state index contributed by atoms with van der Waals surface area (Å²) in [5, 5.41) is 10.7. The molecule has 0 bridgehead atoms. The molecule has 1 N–H and O–H groups in total. The van der Waals surface area contributed by atoms with Gasteiger partial charge in [0.25, 0.3) is 0 Å². The predicted molar refractivity (Wildman–Crippen MR) is 57.7 cm³/mol. The Bertz CT molecular complexity index is 110. The van der Waals surface area contributed by atoms with Crippen LogP contribution in [-0.2, 0) is 0 Å². The number of hydrogen-bond acceptors (Lipinski definition) is 1. The minimum Gasteiger partial charge on any atom is -0.390 e. The van der Waals surface area contributed by atoms with Gasteiger partial charge in [-0.15, -0.1) is 0 Å². The van der Waals surface area contributed by atoms with Crippen LogP contribution < -0.4 is 0 Å². The molecule has 0 heterocycles. The molecule has 2 heteroatoms. The highest BCUT2D eigenvalue weighted by molar-refractivity contribution is 9.09. The maximum Gasteiger partial charge on any atom is 0.0627 e. The number of aliphatic hydroxyl groups is 1. The van der Waals surface area contributed by atoms with Crippen molar-refractivity contribution in [1.82, 2.24) is 0 Å². The number of rotatable bonds is 6. The molecule has 0 saturated carbocycles. The smallest absolute Gasteiger partial charge is 0.0627 e. The molecular weight excluding hydrogens is 216 g/mol. The summed E-state index contributed by atoms with van der Waals surface area (Å²) in [5.41, 5.74) is -0.460. The molecule has 0 radical (unpaired) electrons. The predicted octanol–water partition coefficient (Wildman–Crippen LogP) is 3.35. The van der Waals surface area contributed by atoms with E-state index in [1.807, 2.05) is 6.92 Å². The van der Waals surface area contributed by atoms with Crippen LogP contribution in [0, 0.1) is 5.92 Å². The Morgan fingerprint density at radius 2 is 1.92 bits per heavy atom. The fourth-order valence-corrected chi connectivity index (χ4v) is 2.07. The molecule has 74 valence electrons. The monoisotopic (exact) mass is 236 g/mol. The van der Waals surface area contributed by atoms with E-state index in [1.165, 1.54) is 6.42 Å². The molecular formula is C10H21BrO. The van der Waals surface area contributed by atoms with E-state index < -0.39 is 5.60 Å². The molecule has 0 aliphatic heterocycles. The molecule has 0 aromatic heterocycles. The third-order valence-electron chi connectivity index (χ3n) is 2.13. The van der Waals surface area contributed by atoms with Gasteiger partial charge in [0.2, 0.25) is 0 Å². The van der Waals surface area contributed by atoms with Crippen molar-refractivity contribution in [2.45, 2.75) is 52.1 Å². The van der Waals surface area contributed by atoms with Gasteiger partial charge in [-0.2, -0.15) is 0 Å². The molecule has 0 aliphatic rings. The zero-order valence-corrected chi connectivity index (χ0v) is 10.0. The first-order valence-electron chi connectivity index (χ1n) is 4.76. The third kappa shape index (κ3) is 7.11. The van der Waals surface area contributed by atoms with E-state index in [-0.39, 0.29) is 0 Å². The molecule has 12 heavy (non-hydrogen) atoms. The summed E-state index contributed by atoms with van der Waals surface area (Å²) in [6.45, 7) is 6.37. The van der Waals surface area contributed by atoms with E-state index in [0.29, 0.717) is 0 Å². The van der Waals surface area contributed by atoms with Crippen LogP contribution in [0.15, 0.2) is 0 Å². The molecule has 0 aromatic carbocycles. The Morgan fingerprint density at radius 3 is 2.33 bits per heavy atom. The van der Waals surface area contributed by atoms with Gasteiger partial charge in [-0.1, -0.05) is 42.6 Å². The summed E-state index contributed by atoms with van der Waals surface area (Å²) in [6.07, 6.45) is 4.14. The largest absolute Gasteiger partial charge is 0.390 e. The van der Waals surface area contributed by atoms with Crippen LogP contribution in [0.2, 0.25) is 0 Å². The molecule has 1 nitrogen and oxygen atoms in total. The Kier molecular flexibility index (Phi) is 6.20. The van der Waals surface area contributed by atoms with Gasteiger partial charge in [-0.3, -0.25) is 0 Å². The van der Waals surface area contributed by atoms with Crippen molar-refractivity contribution in [1.29, 1.82) is 0 Å². The van der Waals surface area contributed by atoms with Crippen molar-refractivity contribution < 1.29 is 5.11 Å². The number of alkyl halides is 1. The number of hydrogen-bond donors (Lipinski definition) is 1. The lowest BCUT2D eigenvalue weighted by Crippen LogP contribution is -2.24. The first kappa shape index (κ1) is 12.4. The van der Waals surface area contributed by atoms with Crippen LogP contribution in [0.3, 0.4) is 0 Å². The van der Waals surface area contributed by atoms with E-state index in [9.17, 15) is 5.11 Å². The topological polar surface area (TPSA) is 20.2 Å². The summed E-state index contributed by atoms with van der Waals surface area (Å²) in [5.74, 6) is 0.754. The van der Waals surface area contributed by atoms with Crippen molar-refractivity contribution in [2.75, 3.05) is 5.33 Å². The van der Waals surface area contributed by atoms with Crippen molar-refractivity contribution >= 4 is 15.9 Å². The molecule has 0 rings (SSSR count). The fraction of sp³-hybridized carbons (Fsp3) is 1.00. The van der Waals surface area contributed by atoms with Crippen LogP contribution in [0.4, 0.5) is 0 Å². The van der Waals surface area contributed by atoms with Gasteiger partial charge in [0.15, 0.2) is 0 Å². The standard InChI is InChI=1S/C10H21BrO/c1-9(2)5-4-6-10(3,12)7-8-11/h9,12H,4-8H2,1-3H3/t10-/m1/s1. The fourth-order valence-electron chi connectivity index (χ4n) is 1.22. The molecule has 0 amide bonds. The van der Waals surface area contributed by atoms with E-state index >= 15 is 0 Å². The Balaban J connectivity index is 3.46. The van der Waals surface area contributed by atoms with Gasteiger partial charge in [0.05, 0.1) is 5.60 Å². The average molecular weight is 237 g/mol. The molecule has 0 saturated heterocycles. The van der Waals surface area contributed by atoms with E-state index in [1.54, 1.807) is 0 Å². The maximum atomic E-state index is 9.80. The lowest BCUT2D eigenvalue weighted by atomic mass is 9.94. The maximum absolute atomic E-state index is 9.80. The first-order valence-corrected chi connectivity index (χ1v) is 5.88. The second kappa shape index (κ2) is 5.98. The van der Waals surface area contributed by atoms with Gasteiger partial charge >= 0.3 is 0 Å². The van der Waals surface area contributed by atoms with Crippen molar-refractivity contribution in [3.63, 3.8) is 0 Å². The van der Waals surface area contributed by atoms with Gasteiger partial charge in [-0.25, -0.2) is 0 Å². The number of halogens is 1. The SMILES string of the molecule is CC(C)CCC[C@@](C)(O)CCBr. The van der Waals surface area contributed by atoms with Gasteiger partial charge in [0.1, 0.15) is 0 Å². The van der Waals surface area contributed by atoms with Crippen molar-refractivity contribution in [3.05, 3.63) is 0 Å². The van der Waals surface area contributed by atoms with E-state index in [0.717, 1.165) is 30.5 Å². The van der Waals surface area contributed by atoms with Crippen LogP contribution in [0.1, 0.15) is 46.5 Å². The summed E-state index contributed by atoms with van der Waals surface area (Å²) in [4.78, 5) is 0. The lowest BCUT2D eigenvalue weighted by molar-refractivity contribution is 0.0450. The molecule has 0 fully saturated rings. The molecule has 1 atom stereocenters. The van der Waals surface area contributed by atoms with Crippen molar-refractivity contribution in [2.24, 2.45) is 5.92 Å². The zero-order chi connectivity index (χ0) is 9.61. The van der Waals surface area contributed by atoms with Crippen LogP contribution in [0.25, 0.3) is 0 Å². The van der Waals surface area contributed by atoms with Crippen molar-refractivity contribution in [3.8, 4) is 0 Å². The van der Waals surface area contributed by atoms with Crippen LogP contribution in [-0.4, -0.2) is 16.0 Å². The van der Waals surface area contributed by atoms with Gasteiger partial charge < -0.3 is 5.11 Å². The Hall–Kier alpha value is 0.440. The van der Waals surface area contributed by atoms with Gasteiger partial charge in [-0.05, 0) is 25.7 Å². The lowest BCUT2D eigenvalue weighted by Gasteiger charge is -2.22. The highest BCUT2D eigenvalue weighted by Crippen LogP contribution is 2.20. The average Bonchev–Trinajstić information content (AvgIpc) is 1.85. The molecule has 0 unspecified atom stereocenters. The van der Waals surface area contributed by atoms with E-state index in [4.69, 9.17) is 0 Å². The van der Waals surface area contributed by atoms with Crippen LogP contribution in [0.5, 0.6) is 0 Å². The summed E-state index contributed by atoms with van der Waals surface area (Å²) >= 11 is 3.35. The summed E-state index contributed by atoms with van der Waals surface area (Å²) < 4.78 is 0. The van der Waals surface area contributed by atoms with Crippen LogP contribution >= 0.6 is 15.9 Å². The summed E-state index contributed by atoms with van der Waals surface area (Å²) in [7, 11) is 0. The van der Waals surface area contributed by atoms with Gasteiger partial charge in [0, 0.05) is 5.33 Å². The highest BCUT2D eigenvalue weighted by atomic mass is 79.9. The third-order valence-corrected chi connectivity index (χ3v) is 2.53. The van der Waals surface area contributed by atoms with E-state index in [2.05, 4.69) is 29.8 Å². The molecule has 0 aromatic rings. The molecule has 0 aliphatic carbocycles. The minimum atomic E-state index is -0.460. The minimum absolute atomic E-state index is 0.460. The second-order valence-electron chi connectivity index (χ2n) is 4.22. The Morgan fingerprint density at radius 1 is 1.33 bits per heavy atom. The summed E-state index contributed by atoms with van der Waals surface area (Å²) in [6, 6.07) is 0. The zero-order valence-electron chi connectivity index (χ0n) is 8.44. The normalized spacial score (nSPS) is 16.5. The molecule has 0 spiro atoms. The Labute approximate surface area is 84.7 Å². The first-order chi connectivity index (χ1) is 5.48. The quantitative estimate of drug-likeness (QED) is 0.702. The highest BCUT2D eigenvalue weighted by Gasteiger charge is 2.18.